The Labute approximate surface area is 176 Å². The summed E-state index contributed by atoms with van der Waals surface area (Å²) < 4.78 is 5.58. The molecule has 3 nitrogen and oxygen atoms in total. The number of rotatable bonds is 10. The van der Waals surface area contributed by atoms with Crippen molar-refractivity contribution in [2.24, 2.45) is 11.3 Å². The third-order valence-electron chi connectivity index (χ3n) is 6.09. The zero-order valence-corrected chi connectivity index (χ0v) is 17.3. The van der Waals surface area contributed by atoms with Crippen LogP contribution in [-0.4, -0.2) is 25.0 Å². The Kier molecular flexibility index (Phi) is 5.96. The van der Waals surface area contributed by atoms with E-state index in [0.717, 1.165) is 30.8 Å². The molecule has 2 aliphatic rings. The summed E-state index contributed by atoms with van der Waals surface area (Å²) in [5.41, 5.74) is 1.58. The lowest BCUT2D eigenvalue weighted by molar-refractivity contribution is -0.123. The summed E-state index contributed by atoms with van der Waals surface area (Å²) in [5.74, 6) is 1.55. The van der Waals surface area contributed by atoms with Gasteiger partial charge in [-0.15, -0.1) is 0 Å². The molecule has 0 radical (unpaired) electrons. The number of fused-ring (bicyclic) bond motifs is 1. The molecule has 28 heavy (non-hydrogen) atoms. The summed E-state index contributed by atoms with van der Waals surface area (Å²) in [6.07, 6.45) is 5.12. The number of Topliss-reactive ketones (excluding diaryl/α,β-unsaturated/α-hetero) is 1. The maximum absolute atomic E-state index is 12.3. The maximum atomic E-state index is 12.3. The molecule has 1 N–H and O–H groups in total. The molecule has 0 aromatic heterocycles. The minimum Gasteiger partial charge on any atom is -0.486 e. The first-order valence-electron chi connectivity index (χ1n) is 9.92. The molecule has 2 fully saturated rings. The average Bonchev–Trinajstić information content (AvgIpc) is 3.26. The summed E-state index contributed by atoms with van der Waals surface area (Å²) >= 11 is 11.8. The lowest BCUT2D eigenvalue weighted by Gasteiger charge is -2.35. The van der Waals surface area contributed by atoms with Gasteiger partial charge in [0.15, 0.2) is 5.78 Å². The van der Waals surface area contributed by atoms with E-state index < -0.39 is 0 Å². The molecule has 0 amide bonds. The predicted octanol–water partition coefficient (Wildman–Crippen LogP) is 5.33. The molecule has 2 unspecified atom stereocenters. The largest absolute Gasteiger partial charge is 0.486 e. The van der Waals surface area contributed by atoms with Crippen LogP contribution in [0.5, 0.6) is 5.75 Å². The van der Waals surface area contributed by atoms with Crippen LogP contribution in [0.25, 0.3) is 0 Å². The first kappa shape index (κ1) is 19.8. The molecule has 0 bridgehead atoms. The molecule has 148 valence electrons. The molecular formula is C23H25Cl2NO2. The SMILES string of the molecule is O=C(COc1ccc(Cl)cc1)CC12CC1[C@@H](NCCCc1ccc(Cl)cc1)C2. The highest BCUT2D eigenvalue weighted by atomic mass is 35.5. The van der Waals surface area contributed by atoms with Crippen molar-refractivity contribution in [3.8, 4) is 5.75 Å². The van der Waals surface area contributed by atoms with Gasteiger partial charge in [0.1, 0.15) is 12.4 Å². The summed E-state index contributed by atoms with van der Waals surface area (Å²) in [4.78, 5) is 12.3. The topological polar surface area (TPSA) is 38.3 Å². The molecule has 2 aliphatic carbocycles. The fourth-order valence-corrected chi connectivity index (χ4v) is 4.71. The van der Waals surface area contributed by atoms with Crippen LogP contribution >= 0.6 is 23.2 Å². The third kappa shape index (κ3) is 4.71. The minimum absolute atomic E-state index is 0.148. The van der Waals surface area contributed by atoms with Gasteiger partial charge in [-0.05, 0) is 85.5 Å². The van der Waals surface area contributed by atoms with Crippen LogP contribution in [0, 0.1) is 11.3 Å². The molecule has 3 atom stereocenters. The number of carbonyl (C=O) groups excluding carboxylic acids is 1. The molecule has 5 heteroatoms. The second kappa shape index (κ2) is 8.44. The van der Waals surface area contributed by atoms with E-state index >= 15 is 0 Å². The number of nitrogens with one attached hydrogen (secondary N) is 1. The van der Waals surface area contributed by atoms with E-state index in [4.69, 9.17) is 27.9 Å². The predicted molar refractivity (Wildman–Crippen MR) is 113 cm³/mol. The van der Waals surface area contributed by atoms with Crippen LogP contribution < -0.4 is 10.1 Å². The van der Waals surface area contributed by atoms with Gasteiger partial charge in [0.05, 0.1) is 0 Å². The van der Waals surface area contributed by atoms with Crippen molar-refractivity contribution < 1.29 is 9.53 Å². The first-order valence-corrected chi connectivity index (χ1v) is 10.7. The minimum atomic E-state index is 0.148. The van der Waals surface area contributed by atoms with E-state index in [1.165, 1.54) is 12.0 Å². The normalized spacial score (nSPS) is 24.9. The Hall–Kier alpha value is -1.55. The van der Waals surface area contributed by atoms with Crippen LogP contribution in [0.1, 0.15) is 31.2 Å². The molecular weight excluding hydrogens is 393 g/mol. The van der Waals surface area contributed by atoms with E-state index in [0.29, 0.717) is 29.2 Å². The van der Waals surface area contributed by atoms with Crippen molar-refractivity contribution in [1.29, 1.82) is 0 Å². The van der Waals surface area contributed by atoms with E-state index in [2.05, 4.69) is 17.4 Å². The van der Waals surface area contributed by atoms with Crippen molar-refractivity contribution in [2.45, 2.75) is 38.1 Å². The highest BCUT2D eigenvalue weighted by Crippen LogP contribution is 2.69. The van der Waals surface area contributed by atoms with E-state index in [1.807, 2.05) is 12.1 Å². The third-order valence-corrected chi connectivity index (χ3v) is 6.59. The van der Waals surface area contributed by atoms with Gasteiger partial charge in [-0.25, -0.2) is 0 Å². The molecule has 2 aromatic rings. The van der Waals surface area contributed by atoms with Crippen molar-refractivity contribution in [2.75, 3.05) is 13.2 Å². The van der Waals surface area contributed by atoms with E-state index in [-0.39, 0.29) is 17.8 Å². The van der Waals surface area contributed by atoms with Crippen LogP contribution in [-0.2, 0) is 11.2 Å². The monoisotopic (exact) mass is 417 g/mol. The standard InChI is InChI=1S/C23H25Cl2NO2/c24-17-5-3-16(4-6-17)2-1-11-26-22-14-23(13-21(22)23)12-19(27)15-28-20-9-7-18(25)8-10-20/h3-10,21-22,26H,1-2,11-15H2/t21?,22-,23?/m0/s1. The second-order valence-electron chi connectivity index (χ2n) is 8.13. The Morgan fingerprint density at radius 2 is 1.71 bits per heavy atom. The molecule has 0 aliphatic heterocycles. The van der Waals surface area contributed by atoms with Gasteiger partial charge >= 0.3 is 0 Å². The molecule has 2 saturated carbocycles. The molecule has 0 spiro atoms. The molecule has 0 saturated heterocycles. The second-order valence-corrected chi connectivity index (χ2v) is 9.00. The lowest BCUT2D eigenvalue weighted by Crippen LogP contribution is -2.44. The molecule has 2 aromatic carbocycles. The number of ketones is 1. The van der Waals surface area contributed by atoms with Gasteiger partial charge in [-0.2, -0.15) is 0 Å². The summed E-state index contributed by atoms with van der Waals surface area (Å²) in [6.45, 7) is 1.17. The van der Waals surface area contributed by atoms with Crippen molar-refractivity contribution in [3.05, 3.63) is 64.1 Å². The zero-order valence-electron chi connectivity index (χ0n) is 15.8. The van der Waals surface area contributed by atoms with Crippen LogP contribution in [0.4, 0.5) is 0 Å². The van der Waals surface area contributed by atoms with Crippen molar-refractivity contribution >= 4 is 29.0 Å². The van der Waals surface area contributed by atoms with Crippen LogP contribution in [0.2, 0.25) is 10.0 Å². The van der Waals surface area contributed by atoms with Crippen molar-refractivity contribution in [1.82, 2.24) is 5.32 Å². The number of aryl methyl sites for hydroxylation is 1. The highest BCUT2D eigenvalue weighted by molar-refractivity contribution is 6.30. The lowest BCUT2D eigenvalue weighted by atomic mass is 9.76. The van der Waals surface area contributed by atoms with E-state index in [9.17, 15) is 4.79 Å². The first-order chi connectivity index (χ1) is 13.5. The highest BCUT2D eigenvalue weighted by Gasteiger charge is 2.66. The van der Waals surface area contributed by atoms with Crippen LogP contribution in [0.3, 0.4) is 0 Å². The van der Waals surface area contributed by atoms with Crippen LogP contribution in [0.15, 0.2) is 48.5 Å². The number of hydrogen-bond acceptors (Lipinski definition) is 3. The average molecular weight is 418 g/mol. The van der Waals surface area contributed by atoms with Gasteiger partial charge in [0, 0.05) is 22.5 Å². The van der Waals surface area contributed by atoms with Gasteiger partial charge in [-0.3, -0.25) is 4.79 Å². The van der Waals surface area contributed by atoms with E-state index in [1.54, 1.807) is 24.3 Å². The van der Waals surface area contributed by atoms with Gasteiger partial charge in [-0.1, -0.05) is 35.3 Å². The van der Waals surface area contributed by atoms with Gasteiger partial charge < -0.3 is 10.1 Å². The van der Waals surface area contributed by atoms with Gasteiger partial charge in [0.2, 0.25) is 0 Å². The Morgan fingerprint density at radius 3 is 2.39 bits per heavy atom. The Balaban J connectivity index is 1.11. The smallest absolute Gasteiger partial charge is 0.170 e. The fraction of sp³-hybridized carbons (Fsp3) is 0.435. The summed E-state index contributed by atoms with van der Waals surface area (Å²) in [5, 5.41) is 5.13. The molecule has 4 rings (SSSR count). The Morgan fingerprint density at radius 1 is 1.04 bits per heavy atom. The van der Waals surface area contributed by atoms with Crippen molar-refractivity contribution in [3.63, 3.8) is 0 Å². The Bertz CT molecular complexity index is 822. The number of hydrogen-bond donors (Lipinski definition) is 1. The quantitative estimate of drug-likeness (QED) is 0.530. The zero-order chi connectivity index (χ0) is 19.6. The number of carbonyl (C=O) groups is 1. The van der Waals surface area contributed by atoms with Gasteiger partial charge in [0.25, 0.3) is 0 Å². The number of ether oxygens (including phenoxy) is 1. The fourth-order valence-electron chi connectivity index (χ4n) is 4.46. The summed E-state index contributed by atoms with van der Waals surface area (Å²) in [6, 6.07) is 15.8. The summed E-state index contributed by atoms with van der Waals surface area (Å²) in [7, 11) is 0. The maximum Gasteiger partial charge on any atom is 0.170 e. The molecule has 0 heterocycles. The number of halogens is 2. The number of benzene rings is 2.